The molecule has 7 nitrogen and oxygen atoms in total. The molecule has 25 heavy (non-hydrogen) atoms. The second-order valence-corrected chi connectivity index (χ2v) is 6.45. The Labute approximate surface area is 151 Å². The summed E-state index contributed by atoms with van der Waals surface area (Å²) in [5.41, 5.74) is 0. The Morgan fingerprint density at radius 3 is 1.24 bits per heavy atom. The molecule has 0 aliphatic heterocycles. The van der Waals surface area contributed by atoms with Crippen molar-refractivity contribution in [3.05, 3.63) is 0 Å². The number of carbonyl (C=O) groups is 3. The summed E-state index contributed by atoms with van der Waals surface area (Å²) in [4.78, 5) is 34.5. The molecular weight excluding hydrogens is 326 g/mol. The van der Waals surface area contributed by atoms with Crippen molar-refractivity contribution in [3.63, 3.8) is 0 Å². The van der Waals surface area contributed by atoms with E-state index < -0.39 is 23.9 Å². The minimum absolute atomic E-state index is 0.103. The molecular formula is C18H34NO6+. The predicted molar refractivity (Wildman–Crippen MR) is 93.2 cm³/mol. The molecule has 0 radical (unpaired) electrons. The Balaban J connectivity index is 5.57. The van der Waals surface area contributed by atoms with Crippen molar-refractivity contribution in [2.24, 2.45) is 0 Å². The average Bonchev–Trinajstić information content (AvgIpc) is 2.44. The summed E-state index contributed by atoms with van der Waals surface area (Å²) in [5, 5.41) is 0. The number of hydrogen-bond acceptors (Lipinski definition) is 6. The molecule has 0 heterocycles. The van der Waals surface area contributed by atoms with Crippen LogP contribution < -0.4 is 0 Å². The normalized spacial score (nSPS) is 11.8. The van der Waals surface area contributed by atoms with Crippen LogP contribution in [0.1, 0.15) is 67.2 Å². The summed E-state index contributed by atoms with van der Waals surface area (Å²) in [7, 11) is 0. The topological polar surface area (TPSA) is 78.9 Å². The highest BCUT2D eigenvalue weighted by Gasteiger charge is 2.44. The summed E-state index contributed by atoms with van der Waals surface area (Å²) in [6.07, 6.45) is 3.11. The smallest absolute Gasteiger partial charge is 0.388 e. The molecule has 0 unspecified atom stereocenters. The Bertz CT molecular complexity index is 391. The fraction of sp³-hybridized carbons (Fsp3) is 0.833. The molecule has 0 rings (SSSR count). The van der Waals surface area contributed by atoms with E-state index in [1.807, 2.05) is 0 Å². The molecule has 0 bridgehead atoms. The van der Waals surface area contributed by atoms with Crippen molar-refractivity contribution < 1.29 is 33.1 Å². The van der Waals surface area contributed by atoms with E-state index in [1.54, 1.807) is 0 Å². The van der Waals surface area contributed by atoms with Gasteiger partial charge in [-0.25, -0.2) is 0 Å². The van der Waals surface area contributed by atoms with E-state index in [9.17, 15) is 14.4 Å². The van der Waals surface area contributed by atoms with Crippen molar-refractivity contribution in [1.82, 2.24) is 0 Å². The van der Waals surface area contributed by atoms with Crippen molar-refractivity contribution >= 4 is 17.9 Å². The molecule has 0 saturated carbocycles. The highest BCUT2D eigenvalue weighted by Crippen LogP contribution is 2.25. The zero-order valence-corrected chi connectivity index (χ0v) is 16.6. The quantitative estimate of drug-likeness (QED) is 0.302. The fourth-order valence-corrected chi connectivity index (χ4v) is 3.34. The standard InChI is InChI=1S/C18H34NO6/c1-7-11-19(12-8-2,13-9-3)14-10-18(23-15(4)20,24-16(5)21)25-17(6)22/h7-14H2,1-6H3/q+1. The third-order valence-corrected chi connectivity index (χ3v) is 3.88. The summed E-state index contributed by atoms with van der Waals surface area (Å²) in [5.74, 6) is -4.03. The van der Waals surface area contributed by atoms with E-state index in [-0.39, 0.29) is 6.42 Å². The second kappa shape index (κ2) is 11.1. The summed E-state index contributed by atoms with van der Waals surface area (Å²) < 4.78 is 16.3. The molecule has 146 valence electrons. The van der Waals surface area contributed by atoms with Gasteiger partial charge in [0.25, 0.3) is 0 Å². The number of esters is 3. The monoisotopic (exact) mass is 360 g/mol. The maximum absolute atomic E-state index is 11.5. The molecule has 0 aliphatic carbocycles. The zero-order valence-electron chi connectivity index (χ0n) is 16.6. The fourth-order valence-electron chi connectivity index (χ4n) is 3.34. The number of quaternary nitrogens is 1. The van der Waals surface area contributed by atoms with Gasteiger partial charge in [0, 0.05) is 20.8 Å². The van der Waals surface area contributed by atoms with Gasteiger partial charge >= 0.3 is 23.9 Å². The van der Waals surface area contributed by atoms with E-state index >= 15 is 0 Å². The van der Waals surface area contributed by atoms with Gasteiger partial charge in [0.05, 0.1) is 26.2 Å². The van der Waals surface area contributed by atoms with E-state index in [1.165, 1.54) is 20.8 Å². The Hall–Kier alpha value is -1.63. The SMILES string of the molecule is CCC[N+](CCC)(CCC)CCC(OC(C)=O)(OC(C)=O)OC(C)=O. The van der Waals surface area contributed by atoms with Gasteiger partial charge in [0.2, 0.25) is 0 Å². The maximum atomic E-state index is 11.5. The van der Waals surface area contributed by atoms with Gasteiger partial charge < -0.3 is 18.7 Å². The minimum atomic E-state index is -2.00. The molecule has 0 amide bonds. The number of carbonyl (C=O) groups excluding carboxylic acids is 3. The molecule has 0 aliphatic rings. The van der Waals surface area contributed by atoms with Crippen LogP contribution in [0.3, 0.4) is 0 Å². The third kappa shape index (κ3) is 8.86. The predicted octanol–water partition coefficient (Wildman–Crippen LogP) is 2.77. The molecule has 0 aromatic heterocycles. The molecule has 0 fully saturated rings. The maximum Gasteiger partial charge on any atom is 0.429 e. The lowest BCUT2D eigenvalue weighted by Gasteiger charge is -2.40. The lowest BCUT2D eigenvalue weighted by Crippen LogP contribution is -2.54. The van der Waals surface area contributed by atoms with Gasteiger partial charge in [-0.05, 0) is 19.3 Å². The van der Waals surface area contributed by atoms with Gasteiger partial charge in [0.15, 0.2) is 0 Å². The van der Waals surface area contributed by atoms with Gasteiger partial charge in [-0.1, -0.05) is 20.8 Å². The van der Waals surface area contributed by atoms with Crippen molar-refractivity contribution in [1.29, 1.82) is 0 Å². The highest BCUT2D eigenvalue weighted by atomic mass is 16.9. The van der Waals surface area contributed by atoms with Crippen molar-refractivity contribution in [3.8, 4) is 0 Å². The van der Waals surface area contributed by atoms with Gasteiger partial charge in [-0.2, -0.15) is 0 Å². The van der Waals surface area contributed by atoms with Crippen LogP contribution in [0, 0.1) is 0 Å². The van der Waals surface area contributed by atoms with Crippen LogP contribution >= 0.6 is 0 Å². The first-order valence-corrected chi connectivity index (χ1v) is 9.08. The van der Waals surface area contributed by atoms with E-state index in [4.69, 9.17) is 14.2 Å². The first-order valence-electron chi connectivity index (χ1n) is 9.08. The summed E-state index contributed by atoms with van der Waals surface area (Å²) >= 11 is 0. The van der Waals surface area contributed by atoms with E-state index in [0.717, 1.165) is 43.4 Å². The molecule has 0 saturated heterocycles. The molecule has 0 atom stereocenters. The summed E-state index contributed by atoms with van der Waals surface area (Å²) in [6, 6.07) is 0. The summed E-state index contributed by atoms with van der Waals surface area (Å²) in [6.45, 7) is 13.4. The molecule has 7 heteroatoms. The molecule has 0 aromatic rings. The van der Waals surface area contributed by atoms with Crippen LogP contribution in [0.2, 0.25) is 0 Å². The first-order chi connectivity index (χ1) is 11.6. The van der Waals surface area contributed by atoms with E-state index in [0.29, 0.717) is 6.54 Å². The van der Waals surface area contributed by atoms with Gasteiger partial charge in [0.1, 0.15) is 6.42 Å². The Morgan fingerprint density at radius 1 is 0.680 bits per heavy atom. The third-order valence-electron chi connectivity index (χ3n) is 3.88. The Kier molecular flexibility index (Phi) is 10.4. The number of ether oxygens (including phenoxy) is 3. The van der Waals surface area contributed by atoms with Gasteiger partial charge in [-0.3, -0.25) is 14.4 Å². The van der Waals surface area contributed by atoms with Crippen LogP contribution in [0.25, 0.3) is 0 Å². The lowest BCUT2D eigenvalue weighted by atomic mass is 10.2. The van der Waals surface area contributed by atoms with E-state index in [2.05, 4.69) is 20.8 Å². The van der Waals surface area contributed by atoms with Crippen LogP contribution in [0.5, 0.6) is 0 Å². The molecule has 0 N–H and O–H groups in total. The second-order valence-electron chi connectivity index (χ2n) is 6.45. The van der Waals surface area contributed by atoms with Gasteiger partial charge in [-0.15, -0.1) is 0 Å². The van der Waals surface area contributed by atoms with Crippen LogP contribution in [0.4, 0.5) is 0 Å². The first kappa shape index (κ1) is 23.4. The number of nitrogens with zero attached hydrogens (tertiary/aromatic N) is 1. The average molecular weight is 360 g/mol. The van der Waals surface area contributed by atoms with Crippen LogP contribution in [-0.2, 0) is 28.6 Å². The number of rotatable bonds is 12. The van der Waals surface area contributed by atoms with Crippen LogP contribution in [-0.4, -0.2) is 54.5 Å². The van der Waals surface area contributed by atoms with Crippen molar-refractivity contribution in [2.45, 2.75) is 73.2 Å². The Morgan fingerprint density at radius 2 is 1.00 bits per heavy atom. The highest BCUT2D eigenvalue weighted by molar-refractivity contribution is 5.70. The molecule has 0 aromatic carbocycles. The zero-order chi connectivity index (χ0) is 19.5. The minimum Gasteiger partial charge on any atom is -0.388 e. The van der Waals surface area contributed by atoms with Crippen LogP contribution in [0.15, 0.2) is 0 Å². The largest absolute Gasteiger partial charge is 0.429 e. The lowest BCUT2D eigenvalue weighted by molar-refractivity contribution is -0.929. The molecule has 0 spiro atoms. The number of hydrogen-bond donors (Lipinski definition) is 0. The van der Waals surface area contributed by atoms with Crippen molar-refractivity contribution in [2.75, 3.05) is 26.2 Å².